The summed E-state index contributed by atoms with van der Waals surface area (Å²) < 4.78 is 1.56. The van der Waals surface area contributed by atoms with Crippen LogP contribution in [0, 0.1) is 0 Å². The molecule has 0 spiro atoms. The molecule has 0 fully saturated rings. The number of nitrogens with zero attached hydrogens (tertiary/aromatic N) is 2. The number of hydrogen-bond acceptors (Lipinski definition) is 4. The Morgan fingerprint density at radius 2 is 1.63 bits per heavy atom. The van der Waals surface area contributed by atoms with Crippen LogP contribution in [0.4, 0.5) is 0 Å². The molecule has 1 aliphatic carbocycles. The zero-order chi connectivity index (χ0) is 13.2. The second kappa shape index (κ2) is 5.01. The molecule has 5 heteroatoms. The zero-order valence-corrected chi connectivity index (χ0v) is 11.1. The van der Waals surface area contributed by atoms with E-state index in [1.165, 1.54) is 0 Å². The predicted molar refractivity (Wildman–Crippen MR) is 74.4 cm³/mol. The largest absolute Gasteiger partial charge is 0.494 e. The minimum atomic E-state index is 0.179. The molecule has 2 heterocycles. The summed E-state index contributed by atoms with van der Waals surface area (Å²) in [7, 11) is 0. The molecule has 0 saturated heterocycles. The van der Waals surface area contributed by atoms with Crippen molar-refractivity contribution in [2.45, 2.75) is 23.6 Å². The number of aromatic nitrogens is 2. The third-order valence-corrected chi connectivity index (χ3v) is 4.23. The van der Waals surface area contributed by atoms with Crippen LogP contribution in [-0.2, 0) is 18.7 Å². The third kappa shape index (κ3) is 2.21. The molecule has 0 saturated carbocycles. The fraction of sp³-hybridized carbons (Fsp3) is 0.214. The van der Waals surface area contributed by atoms with Crippen LogP contribution in [0.1, 0.15) is 11.1 Å². The van der Waals surface area contributed by atoms with Crippen molar-refractivity contribution in [1.82, 2.24) is 9.55 Å². The molecule has 4 nitrogen and oxygen atoms in total. The summed E-state index contributed by atoms with van der Waals surface area (Å²) in [4.78, 5) is 5.02. The number of allylic oxidation sites excluding steroid dienone is 2. The normalized spacial score (nSPS) is 13.5. The zero-order valence-electron chi connectivity index (χ0n) is 10.3. The van der Waals surface area contributed by atoms with Gasteiger partial charge in [-0.15, -0.1) is 11.8 Å². The highest BCUT2D eigenvalue weighted by atomic mass is 32.2. The van der Waals surface area contributed by atoms with Gasteiger partial charge in [0, 0.05) is 28.4 Å². The molecule has 0 amide bonds. The van der Waals surface area contributed by atoms with Gasteiger partial charge in [-0.25, -0.2) is 0 Å². The fourth-order valence-corrected chi connectivity index (χ4v) is 3.06. The SMILES string of the molecule is Oc1c2c(c(O)n1CSc1ccncc1)CC=CC2. The first-order valence-corrected chi connectivity index (χ1v) is 7.06. The molecule has 2 N–H and O–H groups in total. The van der Waals surface area contributed by atoms with Gasteiger partial charge in [-0.05, 0) is 25.0 Å². The standard InChI is InChI=1S/C14H14N2O2S/c17-13-11-3-1-2-4-12(11)14(18)16(13)9-19-10-5-7-15-8-6-10/h1-2,5-8,17-18H,3-4,9H2. The number of pyridine rings is 1. The Morgan fingerprint density at radius 1 is 1.05 bits per heavy atom. The first kappa shape index (κ1) is 12.2. The van der Waals surface area contributed by atoms with Crippen LogP contribution >= 0.6 is 11.8 Å². The topological polar surface area (TPSA) is 58.3 Å². The molecular formula is C14H14N2O2S. The van der Waals surface area contributed by atoms with E-state index in [1.807, 2.05) is 24.3 Å². The van der Waals surface area contributed by atoms with E-state index in [2.05, 4.69) is 4.98 Å². The van der Waals surface area contributed by atoms with E-state index in [4.69, 9.17) is 0 Å². The average molecular weight is 274 g/mol. The summed E-state index contributed by atoms with van der Waals surface area (Å²) >= 11 is 1.55. The Labute approximate surface area is 115 Å². The second-order valence-corrected chi connectivity index (χ2v) is 5.39. The lowest BCUT2D eigenvalue weighted by atomic mass is 10.0. The summed E-state index contributed by atoms with van der Waals surface area (Å²) in [5, 5.41) is 20.4. The van der Waals surface area contributed by atoms with Crippen molar-refractivity contribution >= 4 is 11.8 Å². The van der Waals surface area contributed by atoms with Crippen molar-refractivity contribution in [2.24, 2.45) is 0 Å². The van der Waals surface area contributed by atoms with E-state index >= 15 is 0 Å². The molecule has 0 atom stereocenters. The number of aromatic hydroxyl groups is 2. The van der Waals surface area contributed by atoms with E-state index in [-0.39, 0.29) is 11.8 Å². The maximum Gasteiger partial charge on any atom is 0.198 e. The van der Waals surface area contributed by atoms with Crippen LogP contribution in [-0.4, -0.2) is 19.8 Å². The van der Waals surface area contributed by atoms with Gasteiger partial charge in [0.25, 0.3) is 0 Å². The van der Waals surface area contributed by atoms with E-state index in [0.29, 0.717) is 18.7 Å². The fourth-order valence-electron chi connectivity index (χ4n) is 2.22. The maximum absolute atomic E-state index is 10.2. The second-order valence-electron chi connectivity index (χ2n) is 4.37. The highest BCUT2D eigenvalue weighted by molar-refractivity contribution is 7.98. The third-order valence-electron chi connectivity index (χ3n) is 3.24. The Bertz CT molecular complexity index is 589. The molecule has 0 aliphatic heterocycles. The molecule has 3 rings (SSSR count). The predicted octanol–water partition coefficient (Wildman–Crippen LogP) is 2.70. The molecule has 98 valence electrons. The van der Waals surface area contributed by atoms with Crippen LogP contribution < -0.4 is 0 Å². The lowest BCUT2D eigenvalue weighted by Crippen LogP contribution is -1.93. The molecular weight excluding hydrogens is 260 g/mol. The van der Waals surface area contributed by atoms with Gasteiger partial charge in [0.1, 0.15) is 0 Å². The van der Waals surface area contributed by atoms with Crippen LogP contribution in [0.15, 0.2) is 41.6 Å². The quantitative estimate of drug-likeness (QED) is 0.667. The molecule has 2 aromatic heterocycles. The monoisotopic (exact) mass is 274 g/mol. The van der Waals surface area contributed by atoms with Gasteiger partial charge >= 0.3 is 0 Å². The van der Waals surface area contributed by atoms with Crippen LogP contribution in [0.5, 0.6) is 11.8 Å². The van der Waals surface area contributed by atoms with Crippen molar-refractivity contribution < 1.29 is 10.2 Å². The summed E-state index contributed by atoms with van der Waals surface area (Å²) in [5.41, 5.74) is 1.69. The minimum absolute atomic E-state index is 0.179. The van der Waals surface area contributed by atoms with Gasteiger partial charge in [0.05, 0.1) is 5.88 Å². The Kier molecular flexibility index (Phi) is 3.21. The van der Waals surface area contributed by atoms with Crippen molar-refractivity contribution in [3.05, 3.63) is 47.8 Å². The lowest BCUT2D eigenvalue weighted by molar-refractivity contribution is 0.382. The summed E-state index contributed by atoms with van der Waals surface area (Å²) in [6, 6.07) is 3.81. The van der Waals surface area contributed by atoms with Crippen molar-refractivity contribution in [2.75, 3.05) is 0 Å². The van der Waals surface area contributed by atoms with E-state index in [0.717, 1.165) is 16.0 Å². The van der Waals surface area contributed by atoms with E-state index < -0.39 is 0 Å². The van der Waals surface area contributed by atoms with Gasteiger partial charge in [-0.2, -0.15) is 0 Å². The van der Waals surface area contributed by atoms with Crippen molar-refractivity contribution in [3.8, 4) is 11.8 Å². The molecule has 0 aromatic carbocycles. The van der Waals surface area contributed by atoms with Gasteiger partial charge in [0.15, 0.2) is 11.8 Å². The smallest absolute Gasteiger partial charge is 0.198 e. The first-order valence-electron chi connectivity index (χ1n) is 6.07. The number of rotatable bonds is 3. The van der Waals surface area contributed by atoms with Crippen LogP contribution in [0.2, 0.25) is 0 Å². The molecule has 19 heavy (non-hydrogen) atoms. The molecule has 1 aliphatic rings. The Morgan fingerprint density at radius 3 is 2.21 bits per heavy atom. The van der Waals surface area contributed by atoms with E-state index in [1.54, 1.807) is 28.7 Å². The summed E-state index contributed by atoms with van der Waals surface area (Å²) in [6.45, 7) is 0. The highest BCUT2D eigenvalue weighted by Crippen LogP contribution is 2.38. The van der Waals surface area contributed by atoms with Crippen LogP contribution in [0.3, 0.4) is 0 Å². The van der Waals surface area contributed by atoms with Gasteiger partial charge < -0.3 is 10.2 Å². The Balaban J connectivity index is 1.84. The first-order chi connectivity index (χ1) is 9.27. The minimum Gasteiger partial charge on any atom is -0.494 e. The number of thioether (sulfide) groups is 1. The van der Waals surface area contributed by atoms with Gasteiger partial charge in [0.2, 0.25) is 0 Å². The average Bonchev–Trinajstić information content (AvgIpc) is 2.71. The lowest BCUT2D eigenvalue weighted by Gasteiger charge is -2.06. The molecule has 0 radical (unpaired) electrons. The summed E-state index contributed by atoms with van der Waals surface area (Å²) in [5.74, 6) is 0.839. The number of fused-ring (bicyclic) bond motifs is 1. The molecule has 0 unspecified atom stereocenters. The number of hydrogen-bond donors (Lipinski definition) is 2. The van der Waals surface area contributed by atoms with E-state index in [9.17, 15) is 10.2 Å². The molecule has 0 bridgehead atoms. The highest BCUT2D eigenvalue weighted by Gasteiger charge is 2.22. The van der Waals surface area contributed by atoms with Crippen LogP contribution in [0.25, 0.3) is 0 Å². The van der Waals surface area contributed by atoms with Crippen molar-refractivity contribution in [3.63, 3.8) is 0 Å². The summed E-state index contributed by atoms with van der Waals surface area (Å²) in [6.07, 6.45) is 8.85. The molecule has 2 aromatic rings. The van der Waals surface area contributed by atoms with Gasteiger partial charge in [-0.1, -0.05) is 12.2 Å². The van der Waals surface area contributed by atoms with Crippen molar-refractivity contribution in [1.29, 1.82) is 0 Å². The van der Waals surface area contributed by atoms with Gasteiger partial charge in [-0.3, -0.25) is 9.55 Å². The Hall–Kier alpha value is -1.88. The maximum atomic E-state index is 10.2.